The molecule has 0 bridgehead atoms. The van der Waals surface area contributed by atoms with Crippen LogP contribution in [0.5, 0.6) is 5.75 Å². The maximum Gasteiger partial charge on any atom is 0.518 e. The smallest absolute Gasteiger partial charge is 0.395 e. The van der Waals surface area contributed by atoms with Crippen LogP contribution < -0.4 is 4.74 Å². The van der Waals surface area contributed by atoms with E-state index in [-0.39, 0.29) is 12.1 Å². The maximum absolute atomic E-state index is 14.9. The van der Waals surface area contributed by atoms with Gasteiger partial charge in [0, 0.05) is 17.7 Å². The molecule has 27 heteroatoms. The van der Waals surface area contributed by atoms with Crippen molar-refractivity contribution in [3.63, 3.8) is 0 Å². The summed E-state index contributed by atoms with van der Waals surface area (Å²) >= 11 is 0. The van der Waals surface area contributed by atoms with Gasteiger partial charge >= 0.3 is 60.4 Å². The summed E-state index contributed by atoms with van der Waals surface area (Å²) < 4.78 is 294. The van der Waals surface area contributed by atoms with E-state index in [4.69, 9.17) is 0 Å². The van der Waals surface area contributed by atoms with Crippen LogP contribution in [-0.4, -0.2) is 65.3 Å². The number of halogens is 21. The van der Waals surface area contributed by atoms with E-state index in [1.165, 1.54) is 0 Å². The molecular formula is C19H8F21NO5. The standard InChI is InChI=1S/C19H8F21NO5/c1-2-6-5-7(41(43)44)3-4-8(6)45-9(42)46-19(39,40)14(26,27)10(12(22,23)16(30,31)32,13(24,25)17(33,34)35)11(20,21)15(28,29)18(36,37)38/h3-5H,2H2,1H3. The molecule has 1 aromatic rings. The summed E-state index contributed by atoms with van der Waals surface area (Å²) in [7, 11) is 0. The zero-order valence-electron chi connectivity index (χ0n) is 20.9. The van der Waals surface area contributed by atoms with Crippen LogP contribution in [0.2, 0.25) is 0 Å². The van der Waals surface area contributed by atoms with Gasteiger partial charge in [-0.1, -0.05) is 6.92 Å². The fourth-order valence-corrected chi connectivity index (χ4v) is 3.57. The van der Waals surface area contributed by atoms with Crippen LogP contribution in [0.3, 0.4) is 0 Å². The largest absolute Gasteiger partial charge is 0.518 e. The first kappa shape index (κ1) is 40.4. The van der Waals surface area contributed by atoms with E-state index in [0.717, 1.165) is 6.92 Å². The van der Waals surface area contributed by atoms with Crippen LogP contribution in [0.4, 0.5) is 103 Å². The van der Waals surface area contributed by atoms with Gasteiger partial charge in [-0.05, 0) is 12.5 Å². The maximum atomic E-state index is 14.9. The molecule has 0 spiro atoms. The van der Waals surface area contributed by atoms with Gasteiger partial charge in [0.1, 0.15) is 5.75 Å². The van der Waals surface area contributed by atoms with E-state index in [1.807, 2.05) is 0 Å². The number of nitrogens with zero attached hydrogens (tertiary/aromatic N) is 1. The average Bonchev–Trinajstić information content (AvgIpc) is 2.80. The molecule has 0 unspecified atom stereocenters. The highest BCUT2D eigenvalue weighted by Crippen LogP contribution is 2.76. The third-order valence-electron chi connectivity index (χ3n) is 5.75. The third-order valence-corrected chi connectivity index (χ3v) is 5.75. The second-order valence-corrected chi connectivity index (χ2v) is 8.49. The quantitative estimate of drug-likeness (QED) is 0.0790. The molecule has 1 rings (SSSR count). The molecule has 0 atom stereocenters. The predicted octanol–water partition coefficient (Wildman–Crippen LogP) is 9.12. The molecule has 0 amide bonds. The number of nitro benzene ring substituents is 1. The van der Waals surface area contributed by atoms with Gasteiger partial charge in [0.25, 0.3) is 11.1 Å². The van der Waals surface area contributed by atoms with E-state index < -0.39 is 94.2 Å². The highest BCUT2D eigenvalue weighted by molar-refractivity contribution is 5.65. The summed E-state index contributed by atoms with van der Waals surface area (Å²) in [6.45, 7) is 0.982. The lowest BCUT2D eigenvalue weighted by atomic mass is 9.62. The Morgan fingerprint density at radius 2 is 1.04 bits per heavy atom. The third kappa shape index (κ3) is 5.65. The van der Waals surface area contributed by atoms with Gasteiger partial charge in [-0.2, -0.15) is 92.2 Å². The van der Waals surface area contributed by atoms with Gasteiger partial charge < -0.3 is 9.47 Å². The Morgan fingerprint density at radius 1 is 0.652 bits per heavy atom. The number of ether oxygens (including phenoxy) is 2. The van der Waals surface area contributed by atoms with Gasteiger partial charge in [-0.3, -0.25) is 10.1 Å². The van der Waals surface area contributed by atoms with Crippen molar-refractivity contribution in [2.45, 2.75) is 67.6 Å². The molecule has 0 aromatic heterocycles. The fourth-order valence-electron chi connectivity index (χ4n) is 3.57. The fraction of sp³-hybridized carbons (Fsp3) is 0.632. The van der Waals surface area contributed by atoms with Crippen LogP contribution in [-0.2, 0) is 11.2 Å². The Morgan fingerprint density at radius 3 is 1.37 bits per heavy atom. The number of aryl methyl sites for hydroxylation is 1. The first-order chi connectivity index (χ1) is 20.0. The van der Waals surface area contributed by atoms with Gasteiger partial charge in [0.2, 0.25) is 0 Å². The minimum absolute atomic E-state index is 0.173. The van der Waals surface area contributed by atoms with Crippen molar-refractivity contribution in [2.24, 2.45) is 5.41 Å². The lowest BCUT2D eigenvalue weighted by molar-refractivity contribution is -0.539. The molecule has 0 aliphatic heterocycles. The van der Waals surface area contributed by atoms with Crippen molar-refractivity contribution in [2.75, 3.05) is 0 Å². The molecule has 0 saturated heterocycles. The first-order valence-electron chi connectivity index (χ1n) is 10.6. The zero-order valence-corrected chi connectivity index (χ0v) is 20.9. The highest BCUT2D eigenvalue weighted by atomic mass is 19.4. The molecule has 0 aliphatic rings. The second kappa shape index (κ2) is 11.3. The summed E-state index contributed by atoms with van der Waals surface area (Å²) in [5.74, 6) is -49.8. The molecule has 0 aliphatic carbocycles. The average molecular weight is 729 g/mol. The van der Waals surface area contributed by atoms with Gasteiger partial charge in [0.05, 0.1) is 4.92 Å². The van der Waals surface area contributed by atoms with E-state index in [0.29, 0.717) is 6.07 Å². The molecule has 46 heavy (non-hydrogen) atoms. The summed E-state index contributed by atoms with van der Waals surface area (Å²) in [6.07, 6.45) is -39.4. The monoisotopic (exact) mass is 729 g/mol. The molecule has 1 aromatic carbocycles. The Labute approximate surface area is 237 Å². The number of benzene rings is 1. The van der Waals surface area contributed by atoms with Gasteiger partial charge in [0.15, 0.2) is 0 Å². The summed E-state index contributed by atoms with van der Waals surface area (Å²) in [5, 5.41) is 10.7. The van der Waals surface area contributed by atoms with Crippen molar-refractivity contribution in [3.05, 3.63) is 33.9 Å². The van der Waals surface area contributed by atoms with Crippen molar-refractivity contribution < 1.29 is 111 Å². The van der Waals surface area contributed by atoms with Crippen molar-refractivity contribution in [1.82, 2.24) is 0 Å². The van der Waals surface area contributed by atoms with Gasteiger partial charge in [-0.25, -0.2) is 4.79 Å². The minimum atomic E-state index is -10.3. The van der Waals surface area contributed by atoms with Crippen LogP contribution in [0, 0.1) is 15.5 Å². The molecule has 266 valence electrons. The lowest BCUT2D eigenvalue weighted by Gasteiger charge is -2.54. The number of nitro groups is 1. The Bertz CT molecular complexity index is 1290. The van der Waals surface area contributed by atoms with E-state index in [1.54, 1.807) is 0 Å². The highest BCUT2D eigenvalue weighted by Gasteiger charge is 3.06. The van der Waals surface area contributed by atoms with Crippen LogP contribution in [0.1, 0.15) is 12.5 Å². The van der Waals surface area contributed by atoms with Crippen LogP contribution in [0.15, 0.2) is 18.2 Å². The van der Waals surface area contributed by atoms with Crippen molar-refractivity contribution in [3.8, 4) is 5.75 Å². The van der Waals surface area contributed by atoms with E-state index >= 15 is 0 Å². The van der Waals surface area contributed by atoms with E-state index in [9.17, 15) is 107 Å². The number of alkyl halides is 21. The first-order valence-corrected chi connectivity index (χ1v) is 10.6. The molecule has 6 nitrogen and oxygen atoms in total. The van der Waals surface area contributed by atoms with E-state index in [2.05, 4.69) is 9.47 Å². The number of rotatable bonds is 10. The minimum Gasteiger partial charge on any atom is -0.395 e. The topological polar surface area (TPSA) is 78.7 Å². The van der Waals surface area contributed by atoms with Gasteiger partial charge in [-0.15, -0.1) is 0 Å². The van der Waals surface area contributed by atoms with Crippen molar-refractivity contribution >= 4 is 11.8 Å². The summed E-state index contributed by atoms with van der Waals surface area (Å²) in [4.78, 5) is 21.2. The predicted molar refractivity (Wildman–Crippen MR) is 99.9 cm³/mol. The van der Waals surface area contributed by atoms with Crippen LogP contribution in [0.25, 0.3) is 0 Å². The zero-order chi connectivity index (χ0) is 37.1. The number of non-ortho nitro benzene ring substituents is 1. The van der Waals surface area contributed by atoms with Crippen molar-refractivity contribution in [1.29, 1.82) is 0 Å². The van der Waals surface area contributed by atoms with Crippen LogP contribution >= 0.6 is 0 Å². The molecule has 0 N–H and O–H groups in total. The number of carbonyl (C=O) groups excluding carboxylic acids is 1. The molecular weight excluding hydrogens is 721 g/mol. The summed E-state index contributed by atoms with van der Waals surface area (Å²) in [5.41, 5.74) is -12.0. The number of hydrogen-bond donors (Lipinski definition) is 0. The lowest BCUT2D eigenvalue weighted by Crippen LogP contribution is -2.84. The molecule has 0 radical (unpaired) electrons. The second-order valence-electron chi connectivity index (χ2n) is 8.49. The normalized spacial score (nSPS) is 15.1. The Hall–Kier alpha value is -3.58. The SMILES string of the molecule is CCc1cc([N+](=O)[O-])ccc1OC(=O)OC(F)(F)C(F)(F)C(C(F)(F)C(F)(F)F)(C(F)(F)C(F)(F)F)C(F)(F)C(F)(F)C(F)(F)F. The Kier molecular flexibility index (Phi) is 9.93. The number of hydrogen-bond acceptors (Lipinski definition) is 5. The molecule has 0 fully saturated rings. The molecule has 0 heterocycles. The molecule has 0 saturated carbocycles. The summed E-state index contributed by atoms with van der Waals surface area (Å²) in [6, 6.07) is 0.841. The number of carbonyl (C=O) groups is 1. The Balaban J connectivity index is 4.29.